The van der Waals surface area contributed by atoms with Crippen molar-refractivity contribution >= 4 is 39.7 Å². The number of nitrogens with one attached hydrogen (secondary N) is 2. The monoisotopic (exact) mass is 499 g/mol. The number of anilines is 2. The molecule has 3 N–H and O–H groups in total. The summed E-state index contributed by atoms with van der Waals surface area (Å²) >= 11 is 0. The van der Waals surface area contributed by atoms with Crippen LogP contribution in [0.1, 0.15) is 12.0 Å². The number of fused-ring (bicyclic) bond motifs is 1. The highest BCUT2D eigenvalue weighted by molar-refractivity contribution is 7.92. The SMILES string of the molecule is CN(CCOc1ccc(NS(C)(=O)=O)cc1)CC(O)COc1cccc2c1CCC(=O)N2.Cl. The predicted octanol–water partition coefficient (Wildman–Crippen LogP) is 2.12. The number of carbonyl (C=O) groups is 1. The lowest BCUT2D eigenvalue weighted by molar-refractivity contribution is -0.116. The molecule has 0 fully saturated rings. The lowest BCUT2D eigenvalue weighted by atomic mass is 10.0. The highest BCUT2D eigenvalue weighted by Crippen LogP contribution is 2.31. The smallest absolute Gasteiger partial charge is 0.229 e. The molecular formula is C22H30ClN3O6S. The zero-order valence-corrected chi connectivity index (χ0v) is 20.2. The molecule has 1 aliphatic rings. The molecule has 9 nitrogen and oxygen atoms in total. The van der Waals surface area contributed by atoms with E-state index in [1.165, 1.54) is 0 Å². The Balaban J connectivity index is 0.00000385. The van der Waals surface area contributed by atoms with E-state index < -0.39 is 16.1 Å². The van der Waals surface area contributed by atoms with Crippen LogP contribution in [0.25, 0.3) is 0 Å². The highest BCUT2D eigenvalue weighted by atomic mass is 35.5. The van der Waals surface area contributed by atoms with Crippen molar-refractivity contribution in [3.05, 3.63) is 48.0 Å². The average molecular weight is 500 g/mol. The van der Waals surface area contributed by atoms with Gasteiger partial charge in [-0.3, -0.25) is 9.52 Å². The van der Waals surface area contributed by atoms with Crippen molar-refractivity contribution in [2.75, 3.05) is 49.6 Å². The Bertz CT molecular complexity index is 1030. The molecule has 2 aromatic carbocycles. The molecule has 33 heavy (non-hydrogen) atoms. The molecule has 0 saturated carbocycles. The van der Waals surface area contributed by atoms with E-state index in [-0.39, 0.29) is 24.9 Å². The zero-order valence-electron chi connectivity index (χ0n) is 18.6. The molecule has 11 heteroatoms. The first-order valence-corrected chi connectivity index (χ1v) is 12.2. The summed E-state index contributed by atoms with van der Waals surface area (Å²) in [7, 11) is -1.43. The number of aliphatic hydroxyl groups is 1. The summed E-state index contributed by atoms with van der Waals surface area (Å²) in [6, 6.07) is 12.2. The largest absolute Gasteiger partial charge is 0.492 e. The Labute approximate surface area is 200 Å². The van der Waals surface area contributed by atoms with Crippen LogP contribution in [0.2, 0.25) is 0 Å². The van der Waals surface area contributed by atoms with E-state index in [2.05, 4.69) is 10.0 Å². The maximum Gasteiger partial charge on any atom is 0.229 e. The van der Waals surface area contributed by atoms with Crippen LogP contribution in [-0.4, -0.2) is 70.0 Å². The zero-order chi connectivity index (χ0) is 23.1. The second-order valence-electron chi connectivity index (χ2n) is 7.80. The Morgan fingerprint density at radius 2 is 1.88 bits per heavy atom. The van der Waals surface area contributed by atoms with Crippen molar-refractivity contribution < 1.29 is 27.8 Å². The number of sulfonamides is 1. The highest BCUT2D eigenvalue weighted by Gasteiger charge is 2.19. The van der Waals surface area contributed by atoms with Crippen LogP contribution in [0.15, 0.2) is 42.5 Å². The first-order valence-electron chi connectivity index (χ1n) is 10.3. The molecule has 0 aliphatic carbocycles. The van der Waals surface area contributed by atoms with E-state index >= 15 is 0 Å². The number of nitrogens with zero attached hydrogens (tertiary/aromatic N) is 1. The standard InChI is InChI=1S/C22H29N3O6S.ClH/c1-25(12-13-30-18-8-6-16(7-9-18)24-32(2,28)29)14-17(26)15-31-21-5-3-4-20-19(21)10-11-22(27)23-20;/h3-9,17,24,26H,10-15H2,1-2H3,(H,23,27);1H. The molecule has 2 aromatic rings. The number of rotatable bonds is 11. The molecule has 1 heterocycles. The Morgan fingerprint density at radius 1 is 1.15 bits per heavy atom. The van der Waals surface area contributed by atoms with Gasteiger partial charge in [0.1, 0.15) is 30.8 Å². The maximum atomic E-state index is 11.5. The summed E-state index contributed by atoms with van der Waals surface area (Å²) in [5, 5.41) is 13.2. The second-order valence-corrected chi connectivity index (χ2v) is 9.55. The molecule has 1 aliphatic heterocycles. The molecule has 182 valence electrons. The fourth-order valence-corrected chi connectivity index (χ4v) is 3.93. The first-order chi connectivity index (χ1) is 15.2. The molecule has 1 atom stereocenters. The normalized spacial score (nSPS) is 14.0. The summed E-state index contributed by atoms with van der Waals surface area (Å²) in [4.78, 5) is 13.5. The van der Waals surface area contributed by atoms with E-state index in [9.17, 15) is 18.3 Å². The summed E-state index contributed by atoms with van der Waals surface area (Å²) in [5.74, 6) is 1.31. The van der Waals surface area contributed by atoms with Crippen LogP contribution >= 0.6 is 12.4 Å². The summed E-state index contributed by atoms with van der Waals surface area (Å²) in [6.07, 6.45) is 1.46. The molecule has 0 radical (unpaired) electrons. The quantitative estimate of drug-likeness (QED) is 0.433. The van der Waals surface area contributed by atoms with Gasteiger partial charge in [-0.15, -0.1) is 12.4 Å². The first kappa shape index (κ1) is 26.7. The van der Waals surface area contributed by atoms with Crippen LogP contribution < -0.4 is 19.5 Å². The number of amides is 1. The van der Waals surface area contributed by atoms with Gasteiger partial charge in [0.25, 0.3) is 0 Å². The fraction of sp³-hybridized carbons (Fsp3) is 0.409. The van der Waals surface area contributed by atoms with Crippen molar-refractivity contribution in [1.29, 1.82) is 0 Å². The van der Waals surface area contributed by atoms with Crippen LogP contribution in [0.4, 0.5) is 11.4 Å². The molecule has 1 unspecified atom stereocenters. The van der Waals surface area contributed by atoms with Gasteiger partial charge < -0.3 is 24.8 Å². The van der Waals surface area contributed by atoms with Gasteiger partial charge in [0.2, 0.25) is 15.9 Å². The lowest BCUT2D eigenvalue weighted by Gasteiger charge is -2.23. The molecule has 0 aromatic heterocycles. The van der Waals surface area contributed by atoms with Gasteiger partial charge in [-0.05, 0) is 49.9 Å². The van der Waals surface area contributed by atoms with Crippen molar-refractivity contribution in [2.24, 2.45) is 0 Å². The topological polar surface area (TPSA) is 117 Å². The summed E-state index contributed by atoms with van der Waals surface area (Å²) < 4.78 is 36.3. The Morgan fingerprint density at radius 3 is 2.58 bits per heavy atom. The van der Waals surface area contributed by atoms with Gasteiger partial charge in [-0.25, -0.2) is 8.42 Å². The van der Waals surface area contributed by atoms with Gasteiger partial charge in [0.15, 0.2) is 0 Å². The van der Waals surface area contributed by atoms with Gasteiger partial charge in [-0.1, -0.05) is 6.07 Å². The molecule has 0 bridgehead atoms. The summed E-state index contributed by atoms with van der Waals surface area (Å²) in [5.41, 5.74) is 2.20. The number of benzene rings is 2. The van der Waals surface area contributed by atoms with E-state index in [0.29, 0.717) is 49.7 Å². The van der Waals surface area contributed by atoms with Crippen LogP contribution in [0.3, 0.4) is 0 Å². The number of ether oxygens (including phenoxy) is 2. The van der Waals surface area contributed by atoms with Gasteiger partial charge in [0.05, 0.1) is 6.26 Å². The minimum Gasteiger partial charge on any atom is -0.492 e. The minimum atomic E-state index is -3.31. The minimum absolute atomic E-state index is 0. The van der Waals surface area contributed by atoms with E-state index in [1.54, 1.807) is 24.3 Å². The summed E-state index contributed by atoms with van der Waals surface area (Å²) in [6.45, 7) is 1.55. The third-order valence-corrected chi connectivity index (χ3v) is 5.47. The molecule has 0 saturated heterocycles. The van der Waals surface area contributed by atoms with Crippen molar-refractivity contribution in [1.82, 2.24) is 4.90 Å². The van der Waals surface area contributed by atoms with Crippen molar-refractivity contribution in [3.63, 3.8) is 0 Å². The van der Waals surface area contributed by atoms with Crippen LogP contribution in [-0.2, 0) is 21.2 Å². The molecule has 0 spiro atoms. The maximum absolute atomic E-state index is 11.5. The van der Waals surface area contributed by atoms with Gasteiger partial charge in [0, 0.05) is 36.4 Å². The number of carbonyl (C=O) groups excluding carboxylic acids is 1. The van der Waals surface area contributed by atoms with E-state index in [4.69, 9.17) is 9.47 Å². The number of hydrogen-bond acceptors (Lipinski definition) is 7. The fourth-order valence-electron chi connectivity index (χ4n) is 3.37. The van der Waals surface area contributed by atoms with Crippen molar-refractivity contribution in [2.45, 2.75) is 18.9 Å². The lowest BCUT2D eigenvalue weighted by Crippen LogP contribution is -2.35. The molecule has 3 rings (SSSR count). The van der Waals surface area contributed by atoms with Gasteiger partial charge in [-0.2, -0.15) is 0 Å². The predicted molar refractivity (Wildman–Crippen MR) is 130 cm³/mol. The third-order valence-electron chi connectivity index (χ3n) is 4.86. The van der Waals surface area contributed by atoms with Crippen LogP contribution in [0, 0.1) is 0 Å². The van der Waals surface area contributed by atoms with Crippen LogP contribution in [0.5, 0.6) is 11.5 Å². The average Bonchev–Trinajstić information content (AvgIpc) is 2.72. The van der Waals surface area contributed by atoms with Gasteiger partial charge >= 0.3 is 0 Å². The second kappa shape index (κ2) is 12.1. The van der Waals surface area contributed by atoms with E-state index in [0.717, 1.165) is 17.5 Å². The molecule has 1 amide bonds. The number of hydrogen-bond donors (Lipinski definition) is 3. The van der Waals surface area contributed by atoms with E-state index in [1.807, 2.05) is 30.1 Å². The number of halogens is 1. The Hall–Kier alpha value is -2.53. The number of likely N-dealkylation sites (N-methyl/N-ethyl adjacent to an activating group) is 1. The number of aliphatic hydroxyl groups excluding tert-OH is 1. The van der Waals surface area contributed by atoms with Crippen molar-refractivity contribution in [3.8, 4) is 11.5 Å². The third kappa shape index (κ3) is 8.73. The molecular weight excluding hydrogens is 470 g/mol. The Kier molecular flexibility index (Phi) is 9.78.